The van der Waals surface area contributed by atoms with Crippen molar-refractivity contribution in [1.82, 2.24) is 4.90 Å². The number of benzene rings is 2. The largest absolute Gasteiger partial charge is 0.478 e. The van der Waals surface area contributed by atoms with Crippen LogP contribution in [0, 0.1) is 0 Å². The zero-order valence-corrected chi connectivity index (χ0v) is 17.6. The number of anilines is 2. The Kier molecular flexibility index (Phi) is 6.44. The minimum Gasteiger partial charge on any atom is -0.478 e. The fourth-order valence-electron chi connectivity index (χ4n) is 3.44. The molecule has 1 heterocycles. The number of aromatic carboxylic acids is 1. The number of nitrogens with one attached hydrogen (secondary N) is 1. The first-order valence-electron chi connectivity index (χ1n) is 9.80. The zero-order chi connectivity index (χ0) is 21.0. The molecule has 3 rings (SSSR count). The molecule has 0 atom stereocenters. The smallest absolute Gasteiger partial charge is 0.335 e. The molecule has 1 saturated heterocycles. The van der Waals surface area contributed by atoms with E-state index < -0.39 is 16.0 Å². The Hall–Kier alpha value is -2.58. The molecule has 156 valence electrons. The highest BCUT2D eigenvalue weighted by Gasteiger charge is 2.22. The normalized spacial score (nSPS) is 15.3. The summed E-state index contributed by atoms with van der Waals surface area (Å²) in [6.07, 6.45) is 0.822. The molecule has 0 saturated carbocycles. The van der Waals surface area contributed by atoms with E-state index in [-0.39, 0.29) is 16.1 Å². The summed E-state index contributed by atoms with van der Waals surface area (Å²) in [5, 5.41) is 9.35. The average molecular weight is 418 g/mol. The van der Waals surface area contributed by atoms with Crippen molar-refractivity contribution in [2.75, 3.05) is 42.3 Å². The molecule has 0 radical (unpaired) electrons. The van der Waals surface area contributed by atoms with Crippen molar-refractivity contribution in [3.05, 3.63) is 53.6 Å². The summed E-state index contributed by atoms with van der Waals surface area (Å²) in [4.78, 5) is 16.0. The van der Waals surface area contributed by atoms with Crippen molar-refractivity contribution in [2.24, 2.45) is 0 Å². The van der Waals surface area contributed by atoms with Crippen LogP contribution in [0.2, 0.25) is 0 Å². The number of hydrogen-bond acceptors (Lipinski definition) is 5. The van der Waals surface area contributed by atoms with Gasteiger partial charge in [0.2, 0.25) is 0 Å². The van der Waals surface area contributed by atoms with Gasteiger partial charge in [-0.3, -0.25) is 4.72 Å². The van der Waals surface area contributed by atoms with Crippen molar-refractivity contribution in [3.8, 4) is 0 Å². The fraction of sp³-hybridized carbons (Fsp3) is 0.381. The van der Waals surface area contributed by atoms with E-state index in [9.17, 15) is 18.3 Å². The topological polar surface area (TPSA) is 89.9 Å². The van der Waals surface area contributed by atoms with Crippen LogP contribution in [0.15, 0.2) is 47.4 Å². The van der Waals surface area contributed by atoms with Gasteiger partial charge >= 0.3 is 5.97 Å². The van der Waals surface area contributed by atoms with Crippen LogP contribution >= 0.6 is 0 Å². The highest BCUT2D eigenvalue weighted by Crippen LogP contribution is 2.30. The van der Waals surface area contributed by atoms with Gasteiger partial charge in [0, 0.05) is 26.2 Å². The molecule has 0 amide bonds. The molecule has 0 aromatic heterocycles. The lowest BCUT2D eigenvalue weighted by atomic mass is 10.1. The number of piperazine rings is 1. The number of hydrogen-bond donors (Lipinski definition) is 2. The summed E-state index contributed by atoms with van der Waals surface area (Å²) >= 11 is 0. The molecule has 2 aromatic rings. The Labute approximate surface area is 172 Å². The van der Waals surface area contributed by atoms with Gasteiger partial charge < -0.3 is 14.9 Å². The van der Waals surface area contributed by atoms with Crippen LogP contribution < -0.4 is 9.62 Å². The molecule has 2 N–H and O–H groups in total. The molecule has 7 nitrogen and oxygen atoms in total. The summed E-state index contributed by atoms with van der Waals surface area (Å²) < 4.78 is 28.5. The van der Waals surface area contributed by atoms with Gasteiger partial charge in [-0.1, -0.05) is 26.0 Å². The Bertz CT molecular complexity index is 966. The Morgan fingerprint density at radius 2 is 1.69 bits per heavy atom. The lowest BCUT2D eigenvalue weighted by molar-refractivity contribution is 0.0697. The van der Waals surface area contributed by atoms with Crippen molar-refractivity contribution < 1.29 is 18.3 Å². The molecule has 29 heavy (non-hydrogen) atoms. The zero-order valence-electron chi connectivity index (χ0n) is 16.8. The van der Waals surface area contributed by atoms with E-state index >= 15 is 0 Å². The van der Waals surface area contributed by atoms with Gasteiger partial charge in [0.15, 0.2) is 0 Å². The monoisotopic (exact) mass is 417 g/mol. The highest BCUT2D eigenvalue weighted by atomic mass is 32.2. The maximum Gasteiger partial charge on any atom is 0.335 e. The molecular formula is C21H27N3O4S. The van der Waals surface area contributed by atoms with Gasteiger partial charge in [0.25, 0.3) is 10.0 Å². The second-order valence-corrected chi connectivity index (χ2v) is 8.74. The van der Waals surface area contributed by atoms with Crippen LogP contribution in [0.3, 0.4) is 0 Å². The number of carboxylic acids is 1. The third kappa shape index (κ3) is 4.89. The van der Waals surface area contributed by atoms with Crippen LogP contribution in [0.4, 0.5) is 11.4 Å². The molecule has 8 heteroatoms. The number of likely N-dealkylation sites (N-methyl/N-ethyl adjacent to an activating group) is 1. The second kappa shape index (κ2) is 8.84. The van der Waals surface area contributed by atoms with E-state index in [0.717, 1.165) is 44.7 Å². The minimum absolute atomic E-state index is 0.0416. The number of carboxylic acid groups (broad SMARTS) is 1. The summed E-state index contributed by atoms with van der Waals surface area (Å²) in [5.74, 6) is -1.10. The predicted molar refractivity (Wildman–Crippen MR) is 114 cm³/mol. The van der Waals surface area contributed by atoms with Gasteiger partial charge in [-0.25, -0.2) is 13.2 Å². The Morgan fingerprint density at radius 1 is 1.03 bits per heavy atom. The average Bonchev–Trinajstić information content (AvgIpc) is 2.73. The summed E-state index contributed by atoms with van der Waals surface area (Å²) in [5.41, 5.74) is 2.07. The predicted octanol–water partition coefficient (Wildman–Crippen LogP) is 2.89. The number of carbonyl (C=O) groups is 1. The van der Waals surface area contributed by atoms with E-state index in [4.69, 9.17) is 0 Å². The number of sulfonamides is 1. The van der Waals surface area contributed by atoms with Crippen molar-refractivity contribution in [1.29, 1.82) is 0 Å². The van der Waals surface area contributed by atoms with Crippen molar-refractivity contribution >= 4 is 27.4 Å². The molecule has 1 fully saturated rings. The van der Waals surface area contributed by atoms with E-state index in [0.29, 0.717) is 5.69 Å². The van der Waals surface area contributed by atoms with E-state index in [1.54, 1.807) is 30.3 Å². The first-order chi connectivity index (χ1) is 13.8. The molecular weight excluding hydrogens is 390 g/mol. The maximum atomic E-state index is 12.9. The SMILES string of the molecule is CCc1ccc(S(=O)(=O)Nc2cc(C(=O)O)ccc2N2CCN(CC)CC2)cc1. The van der Waals surface area contributed by atoms with Gasteiger partial charge in [-0.15, -0.1) is 0 Å². The van der Waals surface area contributed by atoms with E-state index in [1.807, 2.05) is 6.92 Å². The van der Waals surface area contributed by atoms with Crippen LogP contribution in [0.1, 0.15) is 29.8 Å². The van der Waals surface area contributed by atoms with Gasteiger partial charge in [0.05, 0.1) is 21.8 Å². The molecule has 0 aliphatic carbocycles. The first kappa shape index (κ1) is 21.1. The standard InChI is InChI=1S/C21H27N3O4S/c1-3-16-5-8-18(9-6-16)29(27,28)22-19-15-17(21(25)26)7-10-20(19)24-13-11-23(4-2)12-14-24/h5-10,15,22H,3-4,11-14H2,1-2H3,(H,25,26). The number of aryl methyl sites for hydroxylation is 1. The van der Waals surface area contributed by atoms with Crippen LogP contribution in [-0.2, 0) is 16.4 Å². The third-order valence-electron chi connectivity index (χ3n) is 5.29. The summed E-state index contributed by atoms with van der Waals surface area (Å²) in [7, 11) is -3.84. The first-order valence-corrected chi connectivity index (χ1v) is 11.3. The van der Waals surface area contributed by atoms with Gasteiger partial charge in [-0.05, 0) is 48.9 Å². The van der Waals surface area contributed by atoms with Crippen LogP contribution in [-0.4, -0.2) is 57.1 Å². The van der Waals surface area contributed by atoms with Crippen molar-refractivity contribution in [3.63, 3.8) is 0 Å². The molecule has 0 unspecified atom stereocenters. The highest BCUT2D eigenvalue weighted by molar-refractivity contribution is 7.92. The Morgan fingerprint density at radius 3 is 2.24 bits per heavy atom. The minimum atomic E-state index is -3.84. The summed E-state index contributed by atoms with van der Waals surface area (Å²) in [6.45, 7) is 8.34. The lowest BCUT2D eigenvalue weighted by Crippen LogP contribution is -2.46. The van der Waals surface area contributed by atoms with Crippen molar-refractivity contribution in [2.45, 2.75) is 25.2 Å². The summed E-state index contributed by atoms with van der Waals surface area (Å²) in [6, 6.07) is 11.3. The maximum absolute atomic E-state index is 12.9. The fourth-order valence-corrected chi connectivity index (χ4v) is 4.50. The van der Waals surface area contributed by atoms with E-state index in [1.165, 1.54) is 12.1 Å². The number of nitrogens with zero attached hydrogens (tertiary/aromatic N) is 2. The van der Waals surface area contributed by atoms with Crippen LogP contribution in [0.25, 0.3) is 0 Å². The van der Waals surface area contributed by atoms with Gasteiger partial charge in [0.1, 0.15) is 0 Å². The molecule has 1 aliphatic rings. The molecule has 1 aliphatic heterocycles. The lowest BCUT2D eigenvalue weighted by Gasteiger charge is -2.36. The number of rotatable bonds is 7. The Balaban J connectivity index is 1.93. The van der Waals surface area contributed by atoms with E-state index in [2.05, 4.69) is 21.4 Å². The van der Waals surface area contributed by atoms with Crippen LogP contribution in [0.5, 0.6) is 0 Å². The quantitative estimate of drug-likeness (QED) is 0.720. The second-order valence-electron chi connectivity index (χ2n) is 7.06. The molecule has 2 aromatic carbocycles. The molecule has 0 bridgehead atoms. The molecule has 0 spiro atoms. The third-order valence-corrected chi connectivity index (χ3v) is 6.67. The van der Waals surface area contributed by atoms with Gasteiger partial charge in [-0.2, -0.15) is 0 Å².